The monoisotopic (exact) mass is 618 g/mol. The molecule has 0 atom stereocenters. The van der Waals surface area contributed by atoms with Crippen LogP contribution in [0.5, 0.6) is 0 Å². The molecule has 3 N–H and O–H groups in total. The van der Waals surface area contributed by atoms with Crippen molar-refractivity contribution in [2.45, 2.75) is 85.5 Å². The second-order valence-corrected chi connectivity index (χ2v) is 12.9. The number of nitrogens with two attached hydrogens (primary N) is 1. The predicted octanol–water partition coefficient (Wildman–Crippen LogP) is 9.12. The number of hydrogen-bond acceptors (Lipinski definition) is 3. The molecule has 0 spiro atoms. The maximum absolute atomic E-state index is 11.6. The van der Waals surface area contributed by atoms with Crippen molar-refractivity contribution < 1.29 is 15.2 Å². The fourth-order valence-electron chi connectivity index (χ4n) is 6.06. The van der Waals surface area contributed by atoms with Gasteiger partial charge in [0.05, 0.1) is 24.6 Å². The molecule has 1 aliphatic heterocycles. The number of nitrogens with zero attached hydrogens (tertiary/aromatic N) is 2. The van der Waals surface area contributed by atoms with Gasteiger partial charge in [-0.2, -0.15) is 5.26 Å². The first-order valence-electron chi connectivity index (χ1n) is 16.6. The third kappa shape index (κ3) is 8.65. The molecule has 46 heavy (non-hydrogen) atoms. The van der Waals surface area contributed by atoms with Crippen molar-refractivity contribution in [2.75, 3.05) is 18.0 Å². The quantitative estimate of drug-likeness (QED) is 0.121. The van der Waals surface area contributed by atoms with Gasteiger partial charge in [0.2, 0.25) is 0 Å². The summed E-state index contributed by atoms with van der Waals surface area (Å²) in [5.41, 5.74) is 9.36. The van der Waals surface area contributed by atoms with E-state index >= 15 is 0 Å². The summed E-state index contributed by atoms with van der Waals surface area (Å²) in [4.78, 5) is 13.7. The van der Waals surface area contributed by atoms with Crippen molar-refractivity contribution in [3.8, 4) is 17.2 Å². The van der Waals surface area contributed by atoms with Crippen LogP contribution in [0, 0.1) is 18.3 Å². The minimum atomic E-state index is -0.834. The van der Waals surface area contributed by atoms with Crippen LogP contribution < -0.4 is 10.2 Å². The Morgan fingerprint density at radius 3 is 2.41 bits per heavy atom. The van der Waals surface area contributed by atoms with Gasteiger partial charge in [0.25, 0.3) is 0 Å². The minimum absolute atomic E-state index is 0.0216. The van der Waals surface area contributed by atoms with E-state index in [1.807, 2.05) is 50.3 Å². The van der Waals surface area contributed by atoms with Crippen molar-refractivity contribution in [3.05, 3.63) is 119 Å². The van der Waals surface area contributed by atoms with Crippen LogP contribution in [0.2, 0.25) is 0 Å². The number of aliphatic carboxylic acids is 1. The lowest BCUT2D eigenvalue weighted by Crippen LogP contribution is -2.78. The number of rotatable bonds is 12. The lowest BCUT2D eigenvalue weighted by atomic mass is 9.79. The van der Waals surface area contributed by atoms with Crippen LogP contribution >= 0.6 is 0 Å². The van der Waals surface area contributed by atoms with Gasteiger partial charge in [0.1, 0.15) is 5.69 Å². The fraction of sp³-hybridized carbons (Fsp3) is 0.366. The Labute approximate surface area is 277 Å². The van der Waals surface area contributed by atoms with E-state index in [0.717, 1.165) is 47.5 Å². The highest BCUT2D eigenvalue weighted by molar-refractivity contribution is 5.78. The number of quaternary nitrogens is 1. The number of carboxylic acid groups (broad SMARTS) is 1. The second kappa shape index (κ2) is 16.2. The molecule has 3 aromatic carbocycles. The average Bonchev–Trinajstić information content (AvgIpc) is 3.26. The van der Waals surface area contributed by atoms with Crippen molar-refractivity contribution >= 4 is 17.3 Å². The van der Waals surface area contributed by atoms with Crippen molar-refractivity contribution in [2.24, 2.45) is 0 Å². The Bertz CT molecular complexity index is 1620. The smallest absolute Gasteiger partial charge is 0.305 e. The highest BCUT2D eigenvalue weighted by Gasteiger charge is 2.40. The molecule has 0 saturated carbocycles. The molecule has 242 valence electrons. The summed E-state index contributed by atoms with van der Waals surface area (Å²) in [5, 5.41) is 21.9. The van der Waals surface area contributed by atoms with Crippen LogP contribution in [-0.2, 0) is 15.6 Å². The Morgan fingerprint density at radius 2 is 1.76 bits per heavy atom. The van der Waals surface area contributed by atoms with Gasteiger partial charge in [-0.05, 0) is 84.4 Å². The van der Waals surface area contributed by atoms with Gasteiger partial charge in [0.15, 0.2) is 0 Å². The number of aryl methyl sites for hydroxylation is 1. The third-order valence-electron chi connectivity index (χ3n) is 8.61. The van der Waals surface area contributed by atoms with E-state index in [0.29, 0.717) is 12.1 Å². The van der Waals surface area contributed by atoms with Crippen LogP contribution in [0.15, 0.2) is 102 Å². The first-order chi connectivity index (χ1) is 22.0. The molecule has 1 aliphatic rings. The zero-order valence-corrected chi connectivity index (χ0v) is 29.0. The fourth-order valence-corrected chi connectivity index (χ4v) is 6.06. The molecular weight excluding hydrogens is 566 g/mol. The normalized spacial score (nSPS) is 15.0. The number of hydrogen-bond donors (Lipinski definition) is 2. The van der Waals surface area contributed by atoms with Gasteiger partial charge in [-0.3, -0.25) is 4.79 Å². The number of anilines is 1. The van der Waals surface area contributed by atoms with Crippen molar-refractivity contribution in [1.82, 2.24) is 0 Å². The second-order valence-electron chi connectivity index (χ2n) is 12.9. The molecule has 1 heterocycles. The number of carboxylic acids is 1. The maximum Gasteiger partial charge on any atom is 0.305 e. The number of allylic oxidation sites excluding steroid dienone is 6. The highest BCUT2D eigenvalue weighted by Crippen LogP contribution is 2.49. The van der Waals surface area contributed by atoms with E-state index in [4.69, 9.17) is 0 Å². The van der Waals surface area contributed by atoms with Crippen LogP contribution in [0.4, 0.5) is 11.4 Å². The molecule has 3 aromatic rings. The zero-order chi connectivity index (χ0) is 33.9. The van der Waals surface area contributed by atoms with Crippen LogP contribution in [0.3, 0.4) is 0 Å². The predicted molar refractivity (Wildman–Crippen MR) is 192 cm³/mol. The summed E-state index contributed by atoms with van der Waals surface area (Å²) < 4.78 is 0. The van der Waals surface area contributed by atoms with Gasteiger partial charge < -0.3 is 15.3 Å². The van der Waals surface area contributed by atoms with Gasteiger partial charge in [-0.15, -0.1) is 0 Å². The summed E-state index contributed by atoms with van der Waals surface area (Å²) in [7, 11) is 0. The lowest BCUT2D eigenvalue weighted by molar-refractivity contribution is -0.572. The minimum Gasteiger partial charge on any atom is -0.481 e. The van der Waals surface area contributed by atoms with E-state index in [1.165, 1.54) is 16.8 Å². The summed E-state index contributed by atoms with van der Waals surface area (Å²) >= 11 is 0. The van der Waals surface area contributed by atoms with E-state index in [-0.39, 0.29) is 17.3 Å². The Kier molecular flexibility index (Phi) is 12.7. The third-order valence-corrected chi connectivity index (χ3v) is 8.61. The largest absolute Gasteiger partial charge is 0.481 e. The molecule has 0 aliphatic carbocycles. The first kappa shape index (κ1) is 36.1. The summed E-state index contributed by atoms with van der Waals surface area (Å²) in [6.07, 6.45) is 9.80. The van der Waals surface area contributed by atoms with Crippen molar-refractivity contribution in [3.63, 3.8) is 0 Å². The Balaban J connectivity index is 0.00000282. The van der Waals surface area contributed by atoms with E-state index in [1.54, 1.807) is 0 Å². The zero-order valence-electron chi connectivity index (χ0n) is 29.0. The maximum atomic E-state index is 11.6. The van der Waals surface area contributed by atoms with Gasteiger partial charge in [0, 0.05) is 28.9 Å². The van der Waals surface area contributed by atoms with Crippen LogP contribution in [-0.4, -0.2) is 24.2 Å². The SMILES string of the molecule is CC.CCC[NH2+]c1ccc(C)cc1C(C)(C)C/C=C/C(C#N)=C/C=C1/N(CCC(=O)O)c2ccc(-c3ccccc3)cc2C1(C)C. The molecule has 0 aromatic heterocycles. The number of fused-ring (bicyclic) bond motifs is 1. The molecule has 0 unspecified atom stereocenters. The summed E-state index contributed by atoms with van der Waals surface area (Å²) in [6, 6.07) is 25.7. The lowest BCUT2D eigenvalue weighted by Gasteiger charge is -2.26. The molecule has 4 rings (SSSR count). The first-order valence-corrected chi connectivity index (χ1v) is 16.6. The van der Waals surface area contributed by atoms with Crippen LogP contribution in [0.1, 0.15) is 84.4 Å². The topological polar surface area (TPSA) is 80.9 Å². The van der Waals surface area contributed by atoms with E-state index in [2.05, 4.69) is 112 Å². The standard InChI is InChI=1S/C39H45N3O2.C2H6/c1-7-23-41-34-18-15-28(2)25-32(34)38(3,4)22-11-12-29(27-40)16-20-36-39(5,6)33-26-31(30-13-9-8-10-14-30)17-19-35(33)42(36)24-21-37(43)44;1-2/h8-20,25-26,41H,7,21-24H2,1-6H3,(H,43,44);1-2H3/p+1/b12-11+,29-16-,36-20+;. The van der Waals surface area contributed by atoms with Gasteiger partial charge >= 0.3 is 5.97 Å². The molecule has 0 amide bonds. The Morgan fingerprint density at radius 1 is 1.04 bits per heavy atom. The molecule has 0 bridgehead atoms. The average molecular weight is 619 g/mol. The number of benzene rings is 3. The highest BCUT2D eigenvalue weighted by atomic mass is 16.4. The molecule has 5 heteroatoms. The van der Waals surface area contributed by atoms with E-state index < -0.39 is 5.97 Å². The Hall–Kier alpha value is -4.40. The molecule has 5 nitrogen and oxygen atoms in total. The van der Waals surface area contributed by atoms with Crippen LogP contribution in [0.25, 0.3) is 11.1 Å². The molecule has 0 saturated heterocycles. The number of nitriles is 1. The van der Waals surface area contributed by atoms with Gasteiger partial charge in [-0.1, -0.05) is 103 Å². The van der Waals surface area contributed by atoms with Gasteiger partial charge in [-0.25, -0.2) is 0 Å². The molecular formula is C41H52N3O2+. The summed E-state index contributed by atoms with van der Waals surface area (Å²) in [5.74, 6) is -0.834. The molecule has 0 radical (unpaired) electrons. The summed E-state index contributed by atoms with van der Waals surface area (Å²) in [6.45, 7) is 18.6. The number of carbonyl (C=O) groups is 1. The molecule has 0 fully saturated rings. The van der Waals surface area contributed by atoms with E-state index in [9.17, 15) is 15.2 Å². The van der Waals surface area contributed by atoms with Crippen molar-refractivity contribution in [1.29, 1.82) is 5.26 Å².